The van der Waals surface area contributed by atoms with E-state index in [4.69, 9.17) is 0 Å². The zero-order valence-electron chi connectivity index (χ0n) is 28.6. The van der Waals surface area contributed by atoms with Crippen molar-refractivity contribution in [2.75, 3.05) is 19.2 Å². The van der Waals surface area contributed by atoms with Gasteiger partial charge in [-0.15, -0.1) is 0 Å². The molecule has 2 aliphatic rings. The van der Waals surface area contributed by atoms with E-state index in [0.29, 0.717) is 0 Å². The third-order valence-electron chi connectivity index (χ3n) is 9.51. The molecule has 288 valence electrons. The van der Waals surface area contributed by atoms with Crippen LogP contribution in [0.2, 0.25) is 0 Å². The van der Waals surface area contributed by atoms with Crippen LogP contribution in [-0.2, 0) is 40.3 Å². The Bertz CT molecular complexity index is 3050. The molecule has 0 radical (unpaired) electrons. The monoisotopic (exact) mass is 838 g/mol. The van der Waals surface area contributed by atoms with Crippen LogP contribution < -0.4 is 19.2 Å². The average molecular weight is 839 g/mol. The lowest BCUT2D eigenvalue weighted by molar-refractivity contribution is 0.262. The number of hydrogen-bond donors (Lipinski definition) is 6. The molecule has 0 spiro atoms. The summed E-state index contributed by atoms with van der Waals surface area (Å²) in [6.45, 7) is 2.93. The molecule has 0 aliphatic carbocycles. The van der Waals surface area contributed by atoms with Crippen LogP contribution in [0, 0.1) is 13.8 Å². The SMILES string of the molecule is Cc1ccc2c(NC(=O)Nc3c4ccc(C)c3S(=O)(=O)N4c3ccc4c(S(=O)(=O)O)cccc4c3O)c1S(=O)(=O)N2c1ccc2c(S(=O)(=O)O)cccc2c1O. The van der Waals surface area contributed by atoms with Gasteiger partial charge in [-0.05, 0) is 61.4 Å². The number of phenols is 2. The Morgan fingerprint density at radius 1 is 0.536 bits per heavy atom. The molecule has 17 nitrogen and oxygen atoms in total. The van der Waals surface area contributed by atoms with E-state index in [0.717, 1.165) is 32.9 Å². The number of amides is 2. The molecule has 2 aliphatic heterocycles. The van der Waals surface area contributed by atoms with Crippen LogP contribution in [0.3, 0.4) is 0 Å². The summed E-state index contributed by atoms with van der Waals surface area (Å²) in [5, 5.41) is 27.2. The molecule has 6 N–H and O–H groups in total. The number of aryl methyl sites for hydroxylation is 2. The van der Waals surface area contributed by atoms with Crippen LogP contribution in [0.1, 0.15) is 11.1 Å². The van der Waals surface area contributed by atoms with Crippen molar-refractivity contribution in [3.63, 3.8) is 0 Å². The molecule has 2 amide bonds. The van der Waals surface area contributed by atoms with Crippen LogP contribution in [-0.4, -0.2) is 59.0 Å². The van der Waals surface area contributed by atoms with Crippen molar-refractivity contribution in [2.45, 2.75) is 33.4 Å². The van der Waals surface area contributed by atoms with E-state index in [1.807, 2.05) is 0 Å². The molecular formula is C35H26N4O13S4. The lowest BCUT2D eigenvalue weighted by atomic mass is 10.1. The maximum absolute atomic E-state index is 14.1. The highest BCUT2D eigenvalue weighted by atomic mass is 32.2. The van der Waals surface area contributed by atoms with Crippen molar-refractivity contribution >= 4 is 102 Å². The molecular weight excluding hydrogens is 813 g/mol. The molecule has 56 heavy (non-hydrogen) atoms. The Morgan fingerprint density at radius 2 is 0.893 bits per heavy atom. The number of sulfonamides is 2. The van der Waals surface area contributed by atoms with Gasteiger partial charge in [0.25, 0.3) is 40.3 Å². The molecule has 2 heterocycles. The Balaban J connectivity index is 1.19. The first-order valence-corrected chi connectivity index (χ1v) is 21.8. The van der Waals surface area contributed by atoms with E-state index in [-0.39, 0.29) is 76.6 Å². The van der Waals surface area contributed by atoms with Gasteiger partial charge in [0.2, 0.25) is 0 Å². The summed E-state index contributed by atoms with van der Waals surface area (Å²) in [4.78, 5) is 12.1. The van der Waals surface area contributed by atoms with Gasteiger partial charge in [-0.25, -0.2) is 30.2 Å². The Morgan fingerprint density at radius 3 is 1.25 bits per heavy atom. The topological polar surface area (TPSA) is 265 Å². The first-order valence-electron chi connectivity index (χ1n) is 16.1. The van der Waals surface area contributed by atoms with Crippen LogP contribution in [0.5, 0.6) is 11.5 Å². The molecule has 21 heteroatoms. The predicted molar refractivity (Wildman–Crippen MR) is 205 cm³/mol. The maximum Gasteiger partial charge on any atom is 0.323 e. The van der Waals surface area contributed by atoms with Gasteiger partial charge in [0.15, 0.2) is 0 Å². The van der Waals surface area contributed by atoms with Crippen molar-refractivity contribution in [3.05, 3.63) is 96.1 Å². The lowest BCUT2D eigenvalue weighted by Crippen LogP contribution is -2.21. The maximum atomic E-state index is 14.1. The smallest absolute Gasteiger partial charge is 0.323 e. The van der Waals surface area contributed by atoms with Crippen molar-refractivity contribution in [1.82, 2.24) is 0 Å². The molecule has 0 saturated heterocycles. The standard InChI is InChI=1S/C35H26N4O13S4/c1-17-9-13-23-29(33(17)53(43,44)38(23)25-15-11-19-21(31(25)40)5-3-7-27(19)55(47,48)49)36-35(42)37-30-24-14-10-18(2)34(30)54(45,46)39(24)26-16-12-20-22(32(26)41)6-4-8-28(20)56(50,51)52/h3-16,40-41H,1-2H3,(H2,36,37,42)(H,47,48,49)(H,50,51,52). The summed E-state index contributed by atoms with van der Waals surface area (Å²) >= 11 is 0. The Labute approximate surface area is 318 Å². The highest BCUT2D eigenvalue weighted by Gasteiger charge is 2.44. The van der Waals surface area contributed by atoms with E-state index in [9.17, 15) is 57.8 Å². The molecule has 0 atom stereocenters. The fraction of sp³-hybridized carbons (Fsp3) is 0.0571. The van der Waals surface area contributed by atoms with Gasteiger partial charge in [-0.3, -0.25) is 9.11 Å². The first kappa shape index (κ1) is 37.0. The van der Waals surface area contributed by atoms with Crippen molar-refractivity contribution in [3.8, 4) is 11.5 Å². The summed E-state index contributed by atoms with van der Waals surface area (Å²) in [6.07, 6.45) is 0. The van der Waals surface area contributed by atoms with E-state index in [1.165, 1.54) is 74.5 Å². The number of anilines is 6. The molecule has 6 aromatic carbocycles. The zero-order valence-corrected chi connectivity index (χ0v) is 31.8. The van der Waals surface area contributed by atoms with Gasteiger partial charge in [0.05, 0.1) is 34.1 Å². The largest absolute Gasteiger partial charge is 0.505 e. The van der Waals surface area contributed by atoms with Crippen molar-refractivity contribution < 1.29 is 57.8 Å². The third-order valence-corrected chi connectivity index (χ3v) is 15.2. The average Bonchev–Trinajstić information content (AvgIpc) is 3.35. The highest BCUT2D eigenvalue weighted by molar-refractivity contribution is 7.94. The minimum Gasteiger partial charge on any atom is -0.505 e. The van der Waals surface area contributed by atoms with E-state index < -0.39 is 67.6 Å². The van der Waals surface area contributed by atoms with E-state index >= 15 is 0 Å². The normalized spacial score (nSPS) is 15.4. The summed E-state index contributed by atoms with van der Waals surface area (Å²) < 4.78 is 125. The van der Waals surface area contributed by atoms with E-state index in [1.54, 1.807) is 0 Å². The van der Waals surface area contributed by atoms with Gasteiger partial charge in [0, 0.05) is 21.5 Å². The Kier molecular flexibility index (Phi) is 7.93. The number of phenolic OH excluding ortho intramolecular Hbond substituents is 2. The third kappa shape index (κ3) is 5.27. The number of nitrogens with one attached hydrogen (secondary N) is 2. The Hall–Kier alpha value is -5.97. The molecule has 8 rings (SSSR count). The second-order valence-electron chi connectivity index (χ2n) is 12.8. The molecule has 0 fully saturated rings. The zero-order chi connectivity index (χ0) is 40.4. The van der Waals surface area contributed by atoms with Gasteiger partial charge >= 0.3 is 6.03 Å². The number of rotatable bonds is 6. The van der Waals surface area contributed by atoms with Gasteiger partial charge in [-0.1, -0.05) is 48.5 Å². The molecule has 0 unspecified atom stereocenters. The molecule has 4 bridgehead atoms. The molecule has 0 saturated carbocycles. The minimum absolute atomic E-state index is 0.0902. The van der Waals surface area contributed by atoms with Crippen LogP contribution in [0.15, 0.2) is 105 Å². The summed E-state index contributed by atoms with van der Waals surface area (Å²) in [5.74, 6) is -1.30. The summed E-state index contributed by atoms with van der Waals surface area (Å²) in [5.41, 5.74) is -0.943. The second-order valence-corrected chi connectivity index (χ2v) is 19.1. The minimum atomic E-state index is -4.73. The van der Waals surface area contributed by atoms with Crippen LogP contribution >= 0.6 is 0 Å². The van der Waals surface area contributed by atoms with Crippen LogP contribution in [0.4, 0.5) is 38.9 Å². The number of carbonyl (C=O) groups excluding carboxylic acids is 1. The number of benzene rings is 6. The van der Waals surface area contributed by atoms with E-state index in [2.05, 4.69) is 10.6 Å². The first-order chi connectivity index (χ1) is 26.2. The second kappa shape index (κ2) is 12.0. The predicted octanol–water partition coefficient (Wildman–Crippen LogP) is 5.84. The van der Waals surface area contributed by atoms with Crippen molar-refractivity contribution in [2.24, 2.45) is 0 Å². The molecule has 6 aromatic rings. The van der Waals surface area contributed by atoms with Gasteiger partial charge in [-0.2, -0.15) is 16.8 Å². The number of carbonyl (C=O) groups is 1. The summed E-state index contributed by atoms with van der Waals surface area (Å²) in [6, 6.07) is 16.6. The quantitative estimate of drug-likeness (QED) is 0.108. The number of fused-ring (bicyclic) bond motifs is 6. The van der Waals surface area contributed by atoms with Gasteiger partial charge < -0.3 is 20.8 Å². The fourth-order valence-electron chi connectivity index (χ4n) is 7.20. The van der Waals surface area contributed by atoms with Gasteiger partial charge in [0.1, 0.15) is 31.1 Å². The number of nitrogens with zero attached hydrogens (tertiary/aromatic N) is 2. The molecule has 0 aromatic heterocycles. The highest BCUT2D eigenvalue weighted by Crippen LogP contribution is 2.54. The van der Waals surface area contributed by atoms with Crippen LogP contribution in [0.25, 0.3) is 21.5 Å². The fourth-order valence-corrected chi connectivity index (χ4v) is 12.4. The number of urea groups is 1. The number of hydrogen-bond acceptors (Lipinski definition) is 11. The lowest BCUT2D eigenvalue weighted by Gasteiger charge is -2.21. The summed E-state index contributed by atoms with van der Waals surface area (Å²) in [7, 11) is -18.6. The van der Waals surface area contributed by atoms with Crippen molar-refractivity contribution in [1.29, 1.82) is 0 Å². The number of aromatic hydroxyl groups is 2.